The molecule has 1 aliphatic rings. The third-order valence-electron chi connectivity index (χ3n) is 6.24. The van der Waals surface area contributed by atoms with Crippen molar-refractivity contribution in [3.63, 3.8) is 0 Å². The molecule has 11 heteroatoms. The van der Waals surface area contributed by atoms with Crippen molar-refractivity contribution in [2.75, 3.05) is 18.6 Å². The molecule has 0 radical (unpaired) electrons. The highest BCUT2D eigenvalue weighted by atomic mass is 19.4. The number of hydrogen-bond donors (Lipinski definition) is 0. The fraction of sp³-hybridized carbons (Fsp3) is 0.231. The van der Waals surface area contributed by atoms with E-state index in [9.17, 15) is 22.4 Å². The largest absolute Gasteiger partial charge is 0.496 e. The quantitative estimate of drug-likeness (QED) is 0.343. The number of nitrogens with zero attached hydrogens (tertiary/aromatic N) is 5. The van der Waals surface area contributed by atoms with Crippen molar-refractivity contribution < 1.29 is 27.1 Å². The van der Waals surface area contributed by atoms with Gasteiger partial charge in [-0.1, -0.05) is 23.4 Å². The van der Waals surface area contributed by atoms with Crippen LogP contribution < -0.4 is 9.64 Å². The first-order valence-corrected chi connectivity index (χ1v) is 11.4. The first-order chi connectivity index (χ1) is 17.7. The molecular weight excluding hydrogens is 490 g/mol. The first-order valence-electron chi connectivity index (χ1n) is 11.4. The molecule has 1 atom stereocenters. The van der Waals surface area contributed by atoms with Gasteiger partial charge in [-0.25, -0.2) is 9.07 Å². The minimum atomic E-state index is -4.68. The summed E-state index contributed by atoms with van der Waals surface area (Å²) < 4.78 is 61.5. The number of alkyl halides is 3. The first kappa shape index (κ1) is 24.4. The van der Waals surface area contributed by atoms with Crippen molar-refractivity contribution in [1.82, 2.24) is 20.0 Å². The predicted molar refractivity (Wildman–Crippen MR) is 127 cm³/mol. The lowest BCUT2D eigenvalue weighted by Gasteiger charge is -2.26. The van der Waals surface area contributed by atoms with E-state index in [0.29, 0.717) is 21.9 Å². The van der Waals surface area contributed by atoms with E-state index in [-0.39, 0.29) is 24.1 Å². The van der Waals surface area contributed by atoms with Gasteiger partial charge < -0.3 is 9.64 Å². The maximum Gasteiger partial charge on any atom is 0.406 e. The molecule has 0 bridgehead atoms. The van der Waals surface area contributed by atoms with Gasteiger partial charge in [0.2, 0.25) is 0 Å². The Morgan fingerprint density at radius 1 is 1.11 bits per heavy atom. The number of halogens is 4. The maximum atomic E-state index is 14.5. The summed E-state index contributed by atoms with van der Waals surface area (Å²) in [6.45, 7) is -1.54. The van der Waals surface area contributed by atoms with Crippen molar-refractivity contribution in [2.24, 2.45) is 0 Å². The summed E-state index contributed by atoms with van der Waals surface area (Å²) in [5, 5.41) is 8.22. The smallest absolute Gasteiger partial charge is 0.406 e. The van der Waals surface area contributed by atoms with Crippen LogP contribution in [0.15, 0.2) is 67.1 Å². The van der Waals surface area contributed by atoms with Gasteiger partial charge in [-0.05, 0) is 48.7 Å². The monoisotopic (exact) mass is 511 g/mol. The molecule has 2 aromatic heterocycles. The lowest BCUT2D eigenvalue weighted by molar-refractivity contribution is -0.134. The Kier molecular flexibility index (Phi) is 6.36. The number of amides is 1. The van der Waals surface area contributed by atoms with Crippen LogP contribution in [-0.4, -0.2) is 45.7 Å². The zero-order valence-corrected chi connectivity index (χ0v) is 19.6. The molecule has 4 aromatic rings. The Labute approximate surface area is 209 Å². The number of methoxy groups -OCH3 is 1. The number of pyridine rings is 1. The number of aromatic nitrogens is 4. The number of carbonyl (C=O) groups is 1. The highest BCUT2D eigenvalue weighted by Gasteiger charge is 2.40. The number of benzene rings is 2. The normalized spacial score (nSPS) is 15.9. The van der Waals surface area contributed by atoms with E-state index in [1.807, 2.05) is 24.3 Å². The van der Waals surface area contributed by atoms with Crippen molar-refractivity contribution in [2.45, 2.75) is 25.1 Å². The number of anilines is 1. The second-order valence-corrected chi connectivity index (χ2v) is 8.57. The van der Waals surface area contributed by atoms with Gasteiger partial charge in [0.25, 0.3) is 5.91 Å². The summed E-state index contributed by atoms with van der Waals surface area (Å²) in [6.07, 6.45) is 0.320. The average molecular weight is 511 g/mol. The minimum absolute atomic E-state index is 0.0566. The molecule has 0 saturated carbocycles. The van der Waals surface area contributed by atoms with Crippen LogP contribution >= 0.6 is 0 Å². The zero-order chi connectivity index (χ0) is 26.2. The van der Waals surface area contributed by atoms with Crippen molar-refractivity contribution in [3.8, 4) is 28.1 Å². The van der Waals surface area contributed by atoms with Gasteiger partial charge >= 0.3 is 6.18 Å². The van der Waals surface area contributed by atoms with Crippen LogP contribution in [0.3, 0.4) is 0 Å². The summed E-state index contributed by atoms with van der Waals surface area (Å²) in [5.41, 5.74) is 2.69. The summed E-state index contributed by atoms with van der Waals surface area (Å²) in [7, 11) is 1.51. The Bertz CT molecular complexity index is 1440. The van der Waals surface area contributed by atoms with Crippen molar-refractivity contribution in [3.05, 3.63) is 78.5 Å². The van der Waals surface area contributed by atoms with E-state index >= 15 is 0 Å². The minimum Gasteiger partial charge on any atom is -0.496 e. The Morgan fingerprint density at radius 3 is 2.68 bits per heavy atom. The van der Waals surface area contributed by atoms with Gasteiger partial charge in [-0.2, -0.15) is 13.2 Å². The zero-order valence-electron chi connectivity index (χ0n) is 19.6. The highest BCUT2D eigenvalue weighted by molar-refractivity contribution is 5.97. The molecule has 1 unspecified atom stereocenters. The van der Waals surface area contributed by atoms with E-state index in [0.717, 1.165) is 11.1 Å². The van der Waals surface area contributed by atoms with E-state index in [1.165, 1.54) is 36.2 Å². The summed E-state index contributed by atoms with van der Waals surface area (Å²) in [6, 6.07) is 11.9. The Hall–Kier alpha value is -4.28. The van der Waals surface area contributed by atoms with Gasteiger partial charge in [0.05, 0.1) is 19.0 Å². The van der Waals surface area contributed by atoms with Crippen molar-refractivity contribution in [1.29, 1.82) is 0 Å². The lowest BCUT2D eigenvalue weighted by atomic mass is 10.0. The Balaban J connectivity index is 1.49. The molecule has 2 aromatic carbocycles. The number of carbonyl (C=O) groups excluding carboxylic acids is 1. The summed E-state index contributed by atoms with van der Waals surface area (Å²) in [5.74, 6) is -0.998. The van der Waals surface area contributed by atoms with Crippen LogP contribution in [0.1, 0.15) is 18.0 Å². The highest BCUT2D eigenvalue weighted by Crippen LogP contribution is 2.37. The van der Waals surface area contributed by atoms with Crippen molar-refractivity contribution >= 4 is 11.6 Å². The average Bonchev–Trinajstić information content (AvgIpc) is 3.32. The van der Waals surface area contributed by atoms with Gasteiger partial charge in [-0.15, -0.1) is 5.10 Å². The molecule has 0 spiro atoms. The van der Waals surface area contributed by atoms with Gasteiger partial charge in [0.15, 0.2) is 0 Å². The fourth-order valence-corrected chi connectivity index (χ4v) is 4.51. The molecule has 0 aliphatic carbocycles. The van der Waals surface area contributed by atoms with Crippen LogP contribution in [0.25, 0.3) is 22.4 Å². The third-order valence-corrected chi connectivity index (χ3v) is 6.24. The summed E-state index contributed by atoms with van der Waals surface area (Å²) in [4.78, 5) is 18.1. The number of hydrogen-bond acceptors (Lipinski definition) is 5. The second-order valence-electron chi connectivity index (χ2n) is 8.57. The predicted octanol–water partition coefficient (Wildman–Crippen LogP) is 5.24. The molecule has 5 rings (SSSR count). The number of ether oxygens (including phenoxy) is 1. The van der Waals surface area contributed by atoms with Gasteiger partial charge in [-0.3, -0.25) is 9.78 Å². The molecule has 0 N–H and O–H groups in total. The number of rotatable bonds is 5. The van der Waals surface area contributed by atoms with Crippen LogP contribution in [0, 0.1) is 5.82 Å². The van der Waals surface area contributed by atoms with E-state index in [2.05, 4.69) is 15.3 Å². The molecular formula is C26H21F4N5O2. The molecule has 1 amide bonds. The van der Waals surface area contributed by atoms with E-state index in [1.54, 1.807) is 18.5 Å². The van der Waals surface area contributed by atoms with Gasteiger partial charge in [0, 0.05) is 29.1 Å². The molecule has 1 aliphatic heterocycles. The fourth-order valence-electron chi connectivity index (χ4n) is 4.51. The van der Waals surface area contributed by atoms with E-state index < -0.39 is 30.5 Å². The topological polar surface area (TPSA) is 73.1 Å². The summed E-state index contributed by atoms with van der Waals surface area (Å²) >= 11 is 0. The van der Waals surface area contributed by atoms with Gasteiger partial charge in [0.1, 0.15) is 29.8 Å². The van der Waals surface area contributed by atoms with Crippen LogP contribution in [0.5, 0.6) is 5.75 Å². The lowest BCUT2D eigenvalue weighted by Crippen LogP contribution is -2.42. The number of fused-ring (bicyclic) bond motifs is 1. The molecule has 3 heterocycles. The molecule has 190 valence electrons. The third kappa shape index (κ3) is 4.89. The van der Waals surface area contributed by atoms with Crippen LogP contribution in [0.2, 0.25) is 0 Å². The molecule has 0 saturated heterocycles. The SMILES string of the molecule is COc1cc(-c2cccnc2)ccc1-c1cn(C2CCc3c(F)cccc3N(CC(F)(F)F)C2=O)nn1. The molecule has 0 fully saturated rings. The molecule has 7 nitrogen and oxygen atoms in total. The van der Waals surface area contributed by atoms with Crippen LogP contribution in [0.4, 0.5) is 23.2 Å². The van der Waals surface area contributed by atoms with Crippen LogP contribution in [-0.2, 0) is 11.2 Å². The Morgan fingerprint density at radius 2 is 1.95 bits per heavy atom. The molecule has 37 heavy (non-hydrogen) atoms. The second kappa shape index (κ2) is 9.64. The maximum absolute atomic E-state index is 14.5. The van der Waals surface area contributed by atoms with E-state index in [4.69, 9.17) is 4.74 Å². The standard InChI is InChI=1S/C26H21F4N5O2/c1-37-24-12-16(17-4-3-11-31-13-17)7-8-19(24)21-14-35(33-32-21)23-10-9-18-20(27)5-2-6-22(18)34(25(23)36)15-26(28,29)30/h2-8,11-14,23H,9-10,15H2,1H3.